The van der Waals surface area contributed by atoms with Crippen LogP contribution in [-0.4, -0.2) is 27.3 Å². The molecule has 7 heteroatoms. The summed E-state index contributed by atoms with van der Waals surface area (Å²) in [5, 5.41) is 2.98. The minimum atomic E-state index is -0.585. The van der Waals surface area contributed by atoms with Crippen molar-refractivity contribution in [3.05, 3.63) is 60.0 Å². The Labute approximate surface area is 151 Å². The highest BCUT2D eigenvalue weighted by molar-refractivity contribution is 5.89. The average molecular weight is 357 g/mol. The molecule has 0 aliphatic carbocycles. The smallest absolute Gasteiger partial charge is 0.363 e. The van der Waals surface area contributed by atoms with E-state index in [0.29, 0.717) is 17.2 Å². The van der Waals surface area contributed by atoms with Gasteiger partial charge in [-0.2, -0.15) is 0 Å². The number of hydrogen-bond donors (Lipinski definition) is 1. The first-order chi connectivity index (χ1) is 12.7. The van der Waals surface area contributed by atoms with Gasteiger partial charge in [0, 0.05) is 17.7 Å². The van der Waals surface area contributed by atoms with E-state index in [-0.39, 0.29) is 11.4 Å². The molecule has 26 heavy (non-hydrogen) atoms. The fourth-order valence-electron chi connectivity index (χ4n) is 2.52. The number of methoxy groups -OCH3 is 3. The number of carbonyl (C=O) groups is 1. The predicted octanol–water partition coefficient (Wildman–Crippen LogP) is 2.78. The SMILES string of the molecule is COc1cc(OC(=O)C2=COC(c3ccccc3)N2)cc(OC)c1OC. The molecular formula is C19H19NO6. The van der Waals surface area contributed by atoms with Gasteiger partial charge in [-0.05, 0) is 0 Å². The summed E-state index contributed by atoms with van der Waals surface area (Å²) in [5.41, 5.74) is 1.12. The maximum atomic E-state index is 12.4. The van der Waals surface area contributed by atoms with Gasteiger partial charge in [-0.15, -0.1) is 0 Å². The van der Waals surface area contributed by atoms with Crippen LogP contribution >= 0.6 is 0 Å². The maximum Gasteiger partial charge on any atom is 0.363 e. The summed E-state index contributed by atoms with van der Waals surface area (Å²) in [7, 11) is 4.48. The van der Waals surface area contributed by atoms with Crippen LogP contribution in [0.5, 0.6) is 23.0 Å². The first-order valence-electron chi connectivity index (χ1n) is 7.85. The lowest BCUT2D eigenvalue weighted by atomic mass is 10.2. The maximum absolute atomic E-state index is 12.4. The van der Waals surface area contributed by atoms with Crippen molar-refractivity contribution in [2.75, 3.05) is 21.3 Å². The summed E-state index contributed by atoms with van der Waals surface area (Å²) >= 11 is 0. The van der Waals surface area contributed by atoms with Crippen LogP contribution in [0.1, 0.15) is 11.8 Å². The van der Waals surface area contributed by atoms with E-state index in [1.807, 2.05) is 30.3 Å². The van der Waals surface area contributed by atoms with Crippen LogP contribution in [0.2, 0.25) is 0 Å². The third kappa shape index (κ3) is 3.51. The lowest BCUT2D eigenvalue weighted by molar-refractivity contribution is -0.130. The normalized spacial score (nSPS) is 15.3. The molecule has 0 aromatic heterocycles. The van der Waals surface area contributed by atoms with Gasteiger partial charge in [0.15, 0.2) is 23.4 Å². The molecule has 136 valence electrons. The second-order valence-electron chi connectivity index (χ2n) is 5.35. The van der Waals surface area contributed by atoms with Crippen molar-refractivity contribution in [3.8, 4) is 23.0 Å². The van der Waals surface area contributed by atoms with Crippen LogP contribution in [0.3, 0.4) is 0 Å². The van der Waals surface area contributed by atoms with Crippen molar-refractivity contribution in [2.24, 2.45) is 0 Å². The van der Waals surface area contributed by atoms with Gasteiger partial charge in [-0.3, -0.25) is 0 Å². The summed E-state index contributed by atoms with van der Waals surface area (Å²) in [5.74, 6) is 0.872. The lowest BCUT2D eigenvalue weighted by Crippen LogP contribution is -2.23. The minimum Gasteiger partial charge on any atom is -0.493 e. The molecular weight excluding hydrogens is 338 g/mol. The molecule has 7 nitrogen and oxygen atoms in total. The van der Waals surface area contributed by atoms with Crippen LogP contribution in [-0.2, 0) is 9.53 Å². The highest BCUT2D eigenvalue weighted by atomic mass is 16.6. The molecule has 1 atom stereocenters. The second kappa shape index (κ2) is 7.69. The van der Waals surface area contributed by atoms with Gasteiger partial charge in [-0.1, -0.05) is 30.3 Å². The van der Waals surface area contributed by atoms with Crippen LogP contribution in [0.25, 0.3) is 0 Å². The molecule has 1 heterocycles. The Kier molecular flexibility index (Phi) is 5.17. The summed E-state index contributed by atoms with van der Waals surface area (Å²) in [6.07, 6.45) is 0.913. The van der Waals surface area contributed by atoms with Crippen molar-refractivity contribution in [3.63, 3.8) is 0 Å². The van der Waals surface area contributed by atoms with E-state index in [1.54, 1.807) is 12.1 Å². The molecule has 1 aliphatic heterocycles. The largest absolute Gasteiger partial charge is 0.493 e. The Bertz CT molecular complexity index is 793. The molecule has 1 aliphatic rings. The number of rotatable bonds is 6. The van der Waals surface area contributed by atoms with Crippen LogP contribution in [0.15, 0.2) is 54.4 Å². The monoisotopic (exact) mass is 357 g/mol. The zero-order valence-electron chi connectivity index (χ0n) is 14.6. The van der Waals surface area contributed by atoms with E-state index in [1.165, 1.54) is 27.6 Å². The zero-order valence-corrected chi connectivity index (χ0v) is 14.6. The third-order valence-electron chi connectivity index (χ3n) is 3.78. The molecule has 0 radical (unpaired) electrons. The second-order valence-corrected chi connectivity index (χ2v) is 5.35. The molecule has 0 saturated heterocycles. The Balaban J connectivity index is 1.72. The van der Waals surface area contributed by atoms with Gasteiger partial charge >= 0.3 is 5.97 Å². The first-order valence-corrected chi connectivity index (χ1v) is 7.85. The van der Waals surface area contributed by atoms with Gasteiger partial charge in [0.2, 0.25) is 5.75 Å². The number of ether oxygens (including phenoxy) is 5. The van der Waals surface area contributed by atoms with Crippen molar-refractivity contribution in [1.29, 1.82) is 0 Å². The summed E-state index contributed by atoms with van der Waals surface area (Å²) in [6.45, 7) is 0. The number of esters is 1. The van der Waals surface area contributed by atoms with Crippen molar-refractivity contribution in [1.82, 2.24) is 5.32 Å². The van der Waals surface area contributed by atoms with Crippen LogP contribution in [0, 0.1) is 0 Å². The van der Waals surface area contributed by atoms with E-state index in [2.05, 4.69) is 5.32 Å². The topological polar surface area (TPSA) is 75.3 Å². The Morgan fingerprint density at radius 1 is 1.00 bits per heavy atom. The number of nitrogens with one attached hydrogen (secondary N) is 1. The Morgan fingerprint density at radius 3 is 2.23 bits per heavy atom. The fraction of sp³-hybridized carbons (Fsp3) is 0.211. The van der Waals surface area contributed by atoms with Crippen molar-refractivity contribution >= 4 is 5.97 Å². The molecule has 0 fully saturated rings. The summed E-state index contributed by atoms with van der Waals surface area (Å²) < 4.78 is 26.6. The van der Waals surface area contributed by atoms with E-state index in [4.69, 9.17) is 23.7 Å². The fourth-order valence-corrected chi connectivity index (χ4v) is 2.52. The lowest BCUT2D eigenvalue weighted by Gasteiger charge is -2.14. The highest BCUT2D eigenvalue weighted by Gasteiger charge is 2.25. The number of benzene rings is 2. The van der Waals surface area contributed by atoms with Gasteiger partial charge < -0.3 is 29.0 Å². The Hall–Kier alpha value is -3.35. The van der Waals surface area contributed by atoms with E-state index >= 15 is 0 Å². The van der Waals surface area contributed by atoms with Crippen LogP contribution in [0.4, 0.5) is 0 Å². The average Bonchev–Trinajstić information content (AvgIpc) is 3.18. The summed E-state index contributed by atoms with van der Waals surface area (Å²) in [4.78, 5) is 12.4. The van der Waals surface area contributed by atoms with Gasteiger partial charge in [-0.25, -0.2) is 4.79 Å². The highest BCUT2D eigenvalue weighted by Crippen LogP contribution is 2.41. The van der Waals surface area contributed by atoms with Gasteiger partial charge in [0.1, 0.15) is 12.0 Å². The van der Waals surface area contributed by atoms with Gasteiger partial charge in [0.25, 0.3) is 0 Å². The molecule has 1 unspecified atom stereocenters. The van der Waals surface area contributed by atoms with Crippen molar-refractivity contribution < 1.29 is 28.5 Å². The molecule has 0 amide bonds. The van der Waals surface area contributed by atoms with Crippen LogP contribution < -0.4 is 24.3 Å². The van der Waals surface area contributed by atoms with Crippen molar-refractivity contribution in [2.45, 2.75) is 6.23 Å². The molecule has 1 N–H and O–H groups in total. The molecule has 0 saturated carbocycles. The predicted molar refractivity (Wildman–Crippen MR) is 93.2 cm³/mol. The number of carbonyl (C=O) groups excluding carboxylic acids is 1. The summed E-state index contributed by atoms with van der Waals surface area (Å²) in [6, 6.07) is 12.6. The van der Waals surface area contributed by atoms with E-state index in [0.717, 1.165) is 5.56 Å². The van der Waals surface area contributed by atoms with Gasteiger partial charge in [0.05, 0.1) is 21.3 Å². The minimum absolute atomic E-state index is 0.215. The quantitative estimate of drug-likeness (QED) is 0.629. The van der Waals surface area contributed by atoms with E-state index in [9.17, 15) is 4.79 Å². The molecule has 0 spiro atoms. The molecule has 2 aromatic rings. The molecule has 2 aromatic carbocycles. The standard InChI is InChI=1S/C19H19NO6/c1-22-15-9-13(10-16(23-2)17(15)24-3)26-19(21)14-11-25-18(20-14)12-7-5-4-6-8-12/h4-11,18,20H,1-3H3. The molecule has 0 bridgehead atoms. The van der Waals surface area contributed by atoms with E-state index < -0.39 is 12.2 Å². The number of hydrogen-bond acceptors (Lipinski definition) is 7. The zero-order chi connectivity index (χ0) is 18.5. The first kappa shape index (κ1) is 17.5. The third-order valence-corrected chi connectivity index (χ3v) is 3.78. The Morgan fingerprint density at radius 2 is 1.65 bits per heavy atom. The molecule has 3 rings (SSSR count).